The van der Waals surface area contributed by atoms with Gasteiger partial charge in [0, 0.05) is 33.1 Å². The van der Waals surface area contributed by atoms with E-state index in [2.05, 4.69) is 16.9 Å². The van der Waals surface area contributed by atoms with Crippen LogP contribution in [-0.4, -0.2) is 53.4 Å². The first-order chi connectivity index (χ1) is 14.6. The third kappa shape index (κ3) is 5.40. The number of anilines is 1. The van der Waals surface area contributed by atoms with Gasteiger partial charge in [-0.2, -0.15) is 9.78 Å². The number of hydrogen-bond donors (Lipinski definition) is 0. The van der Waals surface area contributed by atoms with Crippen LogP contribution in [0.15, 0.2) is 41.3 Å². The van der Waals surface area contributed by atoms with Crippen LogP contribution in [0.1, 0.15) is 46.0 Å². The summed E-state index contributed by atoms with van der Waals surface area (Å²) in [7, 11) is 0. The molecule has 0 N–H and O–H groups in total. The van der Waals surface area contributed by atoms with Crippen LogP contribution in [0, 0.1) is 0 Å². The van der Waals surface area contributed by atoms with Crippen molar-refractivity contribution in [3.8, 4) is 11.4 Å². The van der Waals surface area contributed by atoms with E-state index in [1.807, 2.05) is 35.2 Å². The Hall–Kier alpha value is -2.83. The topological polar surface area (TPSA) is 67.7 Å². The summed E-state index contributed by atoms with van der Waals surface area (Å²) in [6.07, 6.45) is 7.34. The first-order valence-corrected chi connectivity index (χ1v) is 10.9. The highest BCUT2D eigenvalue weighted by molar-refractivity contribution is 5.73. The molecule has 2 heterocycles. The molecular formula is C23H32N4O3. The molecule has 1 aromatic carbocycles. The molecule has 7 nitrogen and oxygen atoms in total. The van der Waals surface area contributed by atoms with E-state index in [1.54, 1.807) is 13.1 Å². The van der Waals surface area contributed by atoms with E-state index in [9.17, 15) is 9.59 Å². The average molecular weight is 413 g/mol. The quantitative estimate of drug-likeness (QED) is 0.592. The van der Waals surface area contributed by atoms with E-state index >= 15 is 0 Å². The van der Waals surface area contributed by atoms with Crippen LogP contribution >= 0.6 is 0 Å². The number of unbranched alkanes of at least 4 members (excludes halogenated alkanes) is 4. The molecule has 1 amide bonds. The minimum Gasteiger partial charge on any atom is -0.486 e. The Kier molecular flexibility index (Phi) is 7.88. The van der Waals surface area contributed by atoms with Crippen molar-refractivity contribution < 1.29 is 9.53 Å². The SMILES string of the molecule is CCCCCCCOc1c(N2CCN(C(C)=O)CC2)cnn(-c2ccccc2)c1=O. The van der Waals surface area contributed by atoms with Crippen molar-refractivity contribution in [1.29, 1.82) is 0 Å². The van der Waals surface area contributed by atoms with Crippen LogP contribution in [0.3, 0.4) is 0 Å². The maximum absolute atomic E-state index is 13.3. The van der Waals surface area contributed by atoms with Crippen molar-refractivity contribution in [2.24, 2.45) is 0 Å². The fourth-order valence-electron chi connectivity index (χ4n) is 3.69. The third-order valence-electron chi connectivity index (χ3n) is 5.48. The molecule has 2 aromatic rings. The van der Waals surface area contributed by atoms with Crippen molar-refractivity contribution >= 4 is 11.6 Å². The van der Waals surface area contributed by atoms with E-state index in [0.29, 0.717) is 49.9 Å². The summed E-state index contributed by atoms with van der Waals surface area (Å²) in [5.74, 6) is 0.427. The molecule has 0 bridgehead atoms. The molecule has 1 saturated heterocycles. The van der Waals surface area contributed by atoms with Gasteiger partial charge in [0.1, 0.15) is 5.69 Å². The van der Waals surface area contributed by atoms with Crippen molar-refractivity contribution in [3.63, 3.8) is 0 Å². The lowest BCUT2D eigenvalue weighted by molar-refractivity contribution is -0.129. The fraction of sp³-hybridized carbons (Fsp3) is 0.522. The molecule has 0 unspecified atom stereocenters. The number of amides is 1. The Balaban J connectivity index is 1.81. The molecule has 3 rings (SSSR count). The Morgan fingerprint density at radius 3 is 2.40 bits per heavy atom. The van der Waals surface area contributed by atoms with Gasteiger partial charge in [0.15, 0.2) is 0 Å². The zero-order valence-electron chi connectivity index (χ0n) is 18.0. The van der Waals surface area contributed by atoms with E-state index in [-0.39, 0.29) is 11.5 Å². The number of aromatic nitrogens is 2. The molecule has 7 heteroatoms. The van der Waals surface area contributed by atoms with Crippen molar-refractivity contribution in [2.45, 2.75) is 46.0 Å². The van der Waals surface area contributed by atoms with Crippen LogP contribution in [0.4, 0.5) is 5.69 Å². The lowest BCUT2D eigenvalue weighted by atomic mass is 10.2. The van der Waals surface area contributed by atoms with E-state index in [1.165, 1.54) is 23.9 Å². The summed E-state index contributed by atoms with van der Waals surface area (Å²) < 4.78 is 7.43. The minimum atomic E-state index is -0.249. The maximum atomic E-state index is 13.3. The van der Waals surface area contributed by atoms with E-state index < -0.39 is 0 Å². The number of hydrogen-bond acceptors (Lipinski definition) is 5. The lowest BCUT2D eigenvalue weighted by Gasteiger charge is -2.36. The second-order valence-electron chi connectivity index (χ2n) is 7.67. The summed E-state index contributed by atoms with van der Waals surface area (Å²) >= 11 is 0. The number of carbonyl (C=O) groups excluding carboxylic acids is 1. The van der Waals surface area contributed by atoms with Crippen molar-refractivity contribution in [1.82, 2.24) is 14.7 Å². The molecule has 30 heavy (non-hydrogen) atoms. The number of carbonyl (C=O) groups is 1. The second-order valence-corrected chi connectivity index (χ2v) is 7.67. The van der Waals surface area contributed by atoms with Gasteiger partial charge in [-0.15, -0.1) is 0 Å². The first kappa shape index (κ1) is 21.9. The minimum absolute atomic E-state index is 0.0795. The molecule has 1 aliphatic heterocycles. The summed E-state index contributed by atoms with van der Waals surface area (Å²) in [6, 6.07) is 9.38. The standard InChI is InChI=1S/C23H32N4O3/c1-3-4-5-6-10-17-30-22-21(26-15-13-25(14-16-26)19(2)28)18-24-27(23(22)29)20-11-8-7-9-12-20/h7-9,11-12,18H,3-6,10,13-17H2,1-2H3. The Morgan fingerprint density at radius 1 is 1.03 bits per heavy atom. The molecule has 0 aliphatic carbocycles. The Bertz CT molecular complexity index is 874. The highest BCUT2D eigenvalue weighted by Crippen LogP contribution is 2.26. The van der Waals surface area contributed by atoms with Gasteiger partial charge < -0.3 is 14.5 Å². The van der Waals surface area contributed by atoms with E-state index in [0.717, 1.165) is 12.8 Å². The Labute approximate surface area is 178 Å². The third-order valence-corrected chi connectivity index (χ3v) is 5.48. The van der Waals surface area contributed by atoms with Gasteiger partial charge in [-0.05, 0) is 18.6 Å². The van der Waals surface area contributed by atoms with Crippen LogP contribution in [-0.2, 0) is 4.79 Å². The maximum Gasteiger partial charge on any atom is 0.316 e. The number of piperazine rings is 1. The zero-order chi connectivity index (χ0) is 21.3. The predicted octanol–water partition coefficient (Wildman–Crippen LogP) is 3.25. The summed E-state index contributed by atoms with van der Waals surface area (Å²) in [4.78, 5) is 28.8. The largest absolute Gasteiger partial charge is 0.486 e. The van der Waals surface area contributed by atoms with Gasteiger partial charge in [-0.1, -0.05) is 50.8 Å². The number of nitrogens with zero attached hydrogens (tertiary/aromatic N) is 4. The van der Waals surface area contributed by atoms with Gasteiger partial charge in [0.2, 0.25) is 11.7 Å². The van der Waals surface area contributed by atoms with Gasteiger partial charge in [0.25, 0.3) is 0 Å². The monoisotopic (exact) mass is 412 g/mol. The number of ether oxygens (including phenoxy) is 1. The molecule has 162 valence electrons. The highest BCUT2D eigenvalue weighted by Gasteiger charge is 2.24. The molecule has 0 saturated carbocycles. The first-order valence-electron chi connectivity index (χ1n) is 10.9. The van der Waals surface area contributed by atoms with E-state index in [4.69, 9.17) is 4.74 Å². The van der Waals surface area contributed by atoms with Crippen molar-refractivity contribution in [3.05, 3.63) is 46.9 Å². The van der Waals surface area contributed by atoms with Gasteiger partial charge in [0.05, 0.1) is 18.5 Å². The normalized spacial score (nSPS) is 14.1. The molecule has 1 aliphatic rings. The van der Waals surface area contributed by atoms with Crippen LogP contribution in [0.5, 0.6) is 5.75 Å². The van der Waals surface area contributed by atoms with Gasteiger partial charge in [-0.25, -0.2) is 0 Å². The van der Waals surface area contributed by atoms with Crippen LogP contribution in [0.25, 0.3) is 5.69 Å². The van der Waals surface area contributed by atoms with Crippen molar-refractivity contribution in [2.75, 3.05) is 37.7 Å². The summed E-state index contributed by atoms with van der Waals surface area (Å²) in [6.45, 7) is 6.87. The Morgan fingerprint density at radius 2 is 1.73 bits per heavy atom. The molecule has 0 radical (unpaired) electrons. The number of para-hydroxylation sites is 1. The molecular weight excluding hydrogens is 380 g/mol. The average Bonchev–Trinajstić information content (AvgIpc) is 2.77. The molecule has 0 atom stereocenters. The fourth-order valence-corrected chi connectivity index (χ4v) is 3.69. The second kappa shape index (κ2) is 10.8. The molecule has 0 spiro atoms. The lowest BCUT2D eigenvalue weighted by Crippen LogP contribution is -2.48. The predicted molar refractivity (Wildman–Crippen MR) is 119 cm³/mol. The number of benzene rings is 1. The number of rotatable bonds is 9. The zero-order valence-corrected chi connectivity index (χ0v) is 18.0. The molecule has 1 fully saturated rings. The smallest absolute Gasteiger partial charge is 0.316 e. The van der Waals surface area contributed by atoms with Gasteiger partial charge >= 0.3 is 5.56 Å². The highest BCUT2D eigenvalue weighted by atomic mass is 16.5. The summed E-state index contributed by atoms with van der Waals surface area (Å²) in [5.41, 5.74) is 1.17. The van der Waals surface area contributed by atoms with Crippen LogP contribution < -0.4 is 15.2 Å². The van der Waals surface area contributed by atoms with Gasteiger partial charge in [-0.3, -0.25) is 9.59 Å². The summed E-state index contributed by atoms with van der Waals surface area (Å²) in [5, 5.41) is 4.41. The van der Waals surface area contributed by atoms with Crippen LogP contribution in [0.2, 0.25) is 0 Å². The molecule has 1 aromatic heterocycles.